The molecule has 0 fully saturated rings. The standard InChI is InChI=1S/C7H14N2O3S/c1-3-4-6(2)5-13(8,12)9-7(10)11/h3,6H,1,4-5H2,2H3,(H,10,11)(H2,8,9,12)/t6-,13?/m0/s1. The lowest BCUT2D eigenvalue weighted by Gasteiger charge is -2.11. The summed E-state index contributed by atoms with van der Waals surface area (Å²) in [6.07, 6.45) is 0.851. The van der Waals surface area contributed by atoms with E-state index in [0.29, 0.717) is 6.42 Å². The van der Waals surface area contributed by atoms with Crippen LogP contribution < -0.4 is 4.72 Å². The van der Waals surface area contributed by atoms with Crippen molar-refractivity contribution in [2.45, 2.75) is 13.3 Å². The maximum atomic E-state index is 11.2. The van der Waals surface area contributed by atoms with E-state index < -0.39 is 16.0 Å². The molecule has 0 aromatic carbocycles. The minimum Gasteiger partial charge on any atom is -0.464 e. The second kappa shape index (κ2) is 4.86. The van der Waals surface area contributed by atoms with Crippen molar-refractivity contribution in [3.63, 3.8) is 0 Å². The van der Waals surface area contributed by atoms with Gasteiger partial charge in [-0.3, -0.25) is 0 Å². The molecular weight excluding hydrogens is 192 g/mol. The fourth-order valence-corrected chi connectivity index (χ4v) is 2.24. The molecule has 0 radical (unpaired) electrons. The van der Waals surface area contributed by atoms with Crippen LogP contribution in [-0.4, -0.2) is 21.2 Å². The van der Waals surface area contributed by atoms with Crippen LogP contribution in [-0.2, 0) is 9.92 Å². The molecule has 0 saturated carbocycles. The highest BCUT2D eigenvalue weighted by molar-refractivity contribution is 7.91. The number of amides is 1. The van der Waals surface area contributed by atoms with E-state index in [1.54, 1.807) is 17.7 Å². The van der Waals surface area contributed by atoms with Crippen LogP contribution in [0.5, 0.6) is 0 Å². The smallest absolute Gasteiger partial charge is 0.417 e. The largest absolute Gasteiger partial charge is 0.464 e. The average Bonchev–Trinajstić information content (AvgIpc) is 1.81. The molecule has 0 aliphatic carbocycles. The number of allylic oxidation sites excluding steroid dienone is 1. The van der Waals surface area contributed by atoms with Gasteiger partial charge in [0.05, 0.1) is 5.75 Å². The Morgan fingerprint density at radius 1 is 1.85 bits per heavy atom. The van der Waals surface area contributed by atoms with Gasteiger partial charge in [0.1, 0.15) is 9.92 Å². The highest BCUT2D eigenvalue weighted by Crippen LogP contribution is 2.05. The number of hydrogen-bond donors (Lipinski definition) is 3. The molecule has 0 aliphatic heterocycles. The van der Waals surface area contributed by atoms with Gasteiger partial charge in [-0.05, 0) is 12.3 Å². The summed E-state index contributed by atoms with van der Waals surface area (Å²) in [6.45, 7) is 5.29. The number of nitrogens with one attached hydrogen (secondary N) is 2. The number of carbonyl (C=O) groups is 1. The third-order valence-electron chi connectivity index (χ3n) is 1.34. The molecule has 6 heteroatoms. The molecule has 0 saturated heterocycles. The van der Waals surface area contributed by atoms with E-state index >= 15 is 0 Å². The van der Waals surface area contributed by atoms with Gasteiger partial charge in [-0.25, -0.2) is 18.5 Å². The summed E-state index contributed by atoms with van der Waals surface area (Å²) in [7, 11) is -3.20. The second-order valence-electron chi connectivity index (χ2n) is 2.88. The van der Waals surface area contributed by atoms with Crippen LogP contribution in [0.3, 0.4) is 0 Å². The minimum atomic E-state index is -3.20. The SMILES string of the molecule is C=CC[C@H](C)CS(=N)(=O)NC(=O)O. The Labute approximate surface area is 77.9 Å². The molecule has 5 nitrogen and oxygen atoms in total. The average molecular weight is 206 g/mol. The highest BCUT2D eigenvalue weighted by Gasteiger charge is 2.13. The van der Waals surface area contributed by atoms with Crippen molar-refractivity contribution in [1.29, 1.82) is 4.78 Å². The Balaban J connectivity index is 4.17. The first-order valence-corrected chi connectivity index (χ1v) is 5.48. The molecule has 0 heterocycles. The van der Waals surface area contributed by atoms with Gasteiger partial charge in [0.15, 0.2) is 0 Å². The molecule has 13 heavy (non-hydrogen) atoms. The maximum absolute atomic E-state index is 11.2. The summed E-state index contributed by atoms with van der Waals surface area (Å²) in [6, 6.07) is 0. The van der Waals surface area contributed by atoms with Gasteiger partial charge in [0.25, 0.3) is 0 Å². The van der Waals surface area contributed by atoms with Crippen LogP contribution in [0.25, 0.3) is 0 Å². The summed E-state index contributed by atoms with van der Waals surface area (Å²) in [5.41, 5.74) is 0. The third kappa shape index (κ3) is 6.15. The molecule has 0 aromatic heterocycles. The molecule has 0 spiro atoms. The van der Waals surface area contributed by atoms with Gasteiger partial charge in [-0.2, -0.15) is 0 Å². The zero-order valence-corrected chi connectivity index (χ0v) is 8.26. The second-order valence-corrected chi connectivity index (χ2v) is 4.77. The monoisotopic (exact) mass is 206 g/mol. The first kappa shape index (κ1) is 12.0. The molecule has 0 bridgehead atoms. The molecule has 76 valence electrons. The summed E-state index contributed by atoms with van der Waals surface area (Å²) >= 11 is 0. The topological polar surface area (TPSA) is 90.3 Å². The van der Waals surface area contributed by atoms with Gasteiger partial charge < -0.3 is 5.11 Å². The van der Waals surface area contributed by atoms with Gasteiger partial charge in [0, 0.05) is 0 Å². The van der Waals surface area contributed by atoms with Gasteiger partial charge in [-0.15, -0.1) is 6.58 Å². The van der Waals surface area contributed by atoms with E-state index in [4.69, 9.17) is 9.89 Å². The van der Waals surface area contributed by atoms with Crippen LogP contribution >= 0.6 is 0 Å². The third-order valence-corrected chi connectivity index (χ3v) is 2.88. The van der Waals surface area contributed by atoms with E-state index in [1.807, 2.05) is 0 Å². The fraction of sp³-hybridized carbons (Fsp3) is 0.571. The van der Waals surface area contributed by atoms with Crippen molar-refractivity contribution in [1.82, 2.24) is 4.72 Å². The van der Waals surface area contributed by atoms with Crippen LogP contribution in [0.2, 0.25) is 0 Å². The van der Waals surface area contributed by atoms with E-state index in [9.17, 15) is 9.00 Å². The maximum Gasteiger partial charge on any atom is 0.417 e. The Morgan fingerprint density at radius 3 is 2.77 bits per heavy atom. The first-order valence-electron chi connectivity index (χ1n) is 3.75. The van der Waals surface area contributed by atoms with Crippen molar-refractivity contribution in [3.05, 3.63) is 12.7 Å². The van der Waals surface area contributed by atoms with Gasteiger partial charge >= 0.3 is 6.09 Å². The molecule has 0 aromatic rings. The van der Waals surface area contributed by atoms with Crippen LogP contribution in [0, 0.1) is 10.7 Å². The van der Waals surface area contributed by atoms with Crippen molar-refractivity contribution in [2.24, 2.45) is 5.92 Å². The van der Waals surface area contributed by atoms with Crippen LogP contribution in [0.4, 0.5) is 4.79 Å². The Hall–Kier alpha value is -1.04. The first-order chi connectivity index (χ1) is 5.87. The Morgan fingerprint density at radius 2 is 2.38 bits per heavy atom. The van der Waals surface area contributed by atoms with Crippen LogP contribution in [0.15, 0.2) is 12.7 Å². The minimum absolute atomic E-state index is 0.00523. The number of carboxylic acid groups (broad SMARTS) is 1. The van der Waals surface area contributed by atoms with Crippen molar-refractivity contribution < 1.29 is 14.1 Å². The van der Waals surface area contributed by atoms with Crippen LogP contribution in [0.1, 0.15) is 13.3 Å². The summed E-state index contributed by atoms with van der Waals surface area (Å²) in [5, 5.41) is 8.26. The normalized spacial score (nSPS) is 17.0. The number of hydrogen-bond acceptors (Lipinski definition) is 3. The zero-order chi connectivity index (χ0) is 10.5. The quantitative estimate of drug-likeness (QED) is 0.594. The molecule has 0 aliphatic rings. The Bertz CT molecular complexity index is 284. The molecular formula is C7H14N2O3S. The summed E-state index contributed by atoms with van der Waals surface area (Å²) < 4.78 is 20.1. The molecule has 3 N–H and O–H groups in total. The lowest BCUT2D eigenvalue weighted by Crippen LogP contribution is -2.32. The lowest BCUT2D eigenvalue weighted by molar-refractivity contribution is 0.201. The predicted molar refractivity (Wildman–Crippen MR) is 50.9 cm³/mol. The lowest BCUT2D eigenvalue weighted by atomic mass is 10.1. The van der Waals surface area contributed by atoms with Crippen molar-refractivity contribution in [2.75, 3.05) is 5.75 Å². The van der Waals surface area contributed by atoms with E-state index in [1.165, 1.54) is 0 Å². The summed E-state index contributed by atoms with van der Waals surface area (Å²) in [5.74, 6) is 0.0139. The molecule has 1 unspecified atom stereocenters. The summed E-state index contributed by atoms with van der Waals surface area (Å²) in [4.78, 5) is 10.1. The molecule has 1 amide bonds. The zero-order valence-electron chi connectivity index (χ0n) is 7.45. The van der Waals surface area contributed by atoms with E-state index in [0.717, 1.165) is 0 Å². The molecule has 2 atom stereocenters. The number of rotatable bonds is 5. The highest BCUT2D eigenvalue weighted by atomic mass is 32.2. The van der Waals surface area contributed by atoms with Crippen molar-refractivity contribution >= 4 is 16.0 Å². The van der Waals surface area contributed by atoms with Gasteiger partial charge in [-0.1, -0.05) is 13.0 Å². The van der Waals surface area contributed by atoms with E-state index in [-0.39, 0.29) is 11.7 Å². The fourth-order valence-electron chi connectivity index (χ4n) is 0.936. The predicted octanol–water partition coefficient (Wildman–Crippen LogP) is 1.43. The van der Waals surface area contributed by atoms with Crippen molar-refractivity contribution in [3.8, 4) is 0 Å². The van der Waals surface area contributed by atoms with Gasteiger partial charge in [0.2, 0.25) is 0 Å². The Kier molecular flexibility index (Phi) is 4.47. The molecule has 0 rings (SSSR count). The van der Waals surface area contributed by atoms with E-state index in [2.05, 4.69) is 6.58 Å².